The summed E-state index contributed by atoms with van der Waals surface area (Å²) in [4.78, 5) is 35.6. The molecule has 2 heterocycles. The van der Waals surface area contributed by atoms with Gasteiger partial charge >= 0.3 is 5.97 Å². The molecule has 0 saturated carbocycles. The number of rotatable bonds is 5. The summed E-state index contributed by atoms with van der Waals surface area (Å²) < 4.78 is 4.72. The number of benzene rings is 1. The third-order valence-electron chi connectivity index (χ3n) is 4.99. The molecule has 1 fully saturated rings. The maximum Gasteiger partial charge on any atom is 0.337 e. The number of hydrogen-bond acceptors (Lipinski definition) is 6. The minimum absolute atomic E-state index is 0.311. The van der Waals surface area contributed by atoms with Crippen LogP contribution >= 0.6 is 0 Å². The summed E-state index contributed by atoms with van der Waals surface area (Å²) in [5.74, 6) is 0.574. The molecule has 0 bridgehead atoms. The van der Waals surface area contributed by atoms with Crippen molar-refractivity contribution in [3.63, 3.8) is 0 Å². The number of carbonyl (C=O) groups is 2. The van der Waals surface area contributed by atoms with Gasteiger partial charge in [0.25, 0.3) is 5.91 Å². The predicted molar refractivity (Wildman–Crippen MR) is 108 cm³/mol. The number of ether oxygens (including phenoxy) is 1. The maximum atomic E-state index is 12.8. The summed E-state index contributed by atoms with van der Waals surface area (Å²) in [5, 5.41) is 2.80. The van der Waals surface area contributed by atoms with Gasteiger partial charge < -0.3 is 15.0 Å². The van der Waals surface area contributed by atoms with Gasteiger partial charge in [-0.2, -0.15) is 0 Å². The molecule has 2 aromatic rings. The normalized spacial score (nSPS) is 16.5. The Balaban J connectivity index is 1.82. The molecular formula is C21H26N4O3. The van der Waals surface area contributed by atoms with Crippen LogP contribution in [0.25, 0.3) is 0 Å². The van der Waals surface area contributed by atoms with Crippen LogP contribution in [0.1, 0.15) is 59.3 Å². The molecule has 1 N–H and O–H groups in total. The average molecular weight is 382 g/mol. The number of nitrogens with zero attached hydrogens (tertiary/aromatic N) is 3. The molecule has 0 aliphatic carbocycles. The average Bonchev–Trinajstić information content (AvgIpc) is 2.72. The van der Waals surface area contributed by atoms with Crippen LogP contribution in [0.15, 0.2) is 30.3 Å². The lowest BCUT2D eigenvalue weighted by Gasteiger charge is -2.36. The maximum absolute atomic E-state index is 12.8. The van der Waals surface area contributed by atoms with Gasteiger partial charge in [-0.3, -0.25) is 4.79 Å². The Bertz CT molecular complexity index is 868. The van der Waals surface area contributed by atoms with Crippen LogP contribution in [-0.2, 0) is 4.74 Å². The van der Waals surface area contributed by atoms with Gasteiger partial charge in [-0.1, -0.05) is 13.0 Å². The van der Waals surface area contributed by atoms with E-state index in [1.54, 1.807) is 37.3 Å². The Morgan fingerprint density at radius 3 is 2.82 bits per heavy atom. The number of hydrogen-bond donors (Lipinski definition) is 1. The number of carbonyl (C=O) groups excluding carboxylic acids is 2. The molecule has 1 saturated heterocycles. The third kappa shape index (κ3) is 4.47. The fourth-order valence-corrected chi connectivity index (χ4v) is 3.58. The van der Waals surface area contributed by atoms with Crippen LogP contribution in [0, 0.1) is 6.92 Å². The van der Waals surface area contributed by atoms with Crippen molar-refractivity contribution < 1.29 is 14.3 Å². The molecule has 0 radical (unpaired) electrons. The van der Waals surface area contributed by atoms with Gasteiger partial charge in [-0.15, -0.1) is 0 Å². The molecule has 1 amide bonds. The Morgan fingerprint density at radius 1 is 1.25 bits per heavy atom. The summed E-state index contributed by atoms with van der Waals surface area (Å²) in [6.45, 7) is 4.92. The van der Waals surface area contributed by atoms with Gasteiger partial charge in [-0.25, -0.2) is 14.8 Å². The molecule has 1 aromatic carbocycles. The van der Waals surface area contributed by atoms with E-state index in [4.69, 9.17) is 4.74 Å². The molecule has 1 aromatic heterocycles. The van der Waals surface area contributed by atoms with E-state index in [0.717, 1.165) is 31.6 Å². The summed E-state index contributed by atoms with van der Waals surface area (Å²) in [6, 6.07) is 8.82. The third-order valence-corrected chi connectivity index (χ3v) is 4.99. The molecule has 0 spiro atoms. The molecule has 1 unspecified atom stereocenters. The first-order chi connectivity index (χ1) is 13.5. The van der Waals surface area contributed by atoms with Crippen LogP contribution in [0.3, 0.4) is 0 Å². The molecule has 1 atom stereocenters. The van der Waals surface area contributed by atoms with E-state index in [9.17, 15) is 9.59 Å². The predicted octanol–water partition coefficient (Wildman–Crippen LogP) is 3.59. The molecule has 1 aliphatic rings. The van der Waals surface area contributed by atoms with Crippen molar-refractivity contribution in [3.05, 3.63) is 47.4 Å². The molecule has 7 heteroatoms. The zero-order valence-corrected chi connectivity index (χ0v) is 16.6. The Morgan fingerprint density at radius 2 is 2.07 bits per heavy atom. The molecule has 1 aliphatic heterocycles. The van der Waals surface area contributed by atoms with Gasteiger partial charge in [0.15, 0.2) is 0 Å². The van der Waals surface area contributed by atoms with Crippen molar-refractivity contribution in [1.82, 2.24) is 9.97 Å². The molecule has 148 valence electrons. The van der Waals surface area contributed by atoms with Crippen LogP contribution in [0.4, 0.5) is 11.5 Å². The monoisotopic (exact) mass is 382 g/mol. The van der Waals surface area contributed by atoms with E-state index < -0.39 is 5.97 Å². The highest BCUT2D eigenvalue weighted by Gasteiger charge is 2.23. The first-order valence-corrected chi connectivity index (χ1v) is 9.64. The topological polar surface area (TPSA) is 84.4 Å². The SMILES string of the molecule is CCC1CCCCN1c1cc(C(=O)Nc2cccc(C(=O)OC)c2)nc(C)n1. The first-order valence-electron chi connectivity index (χ1n) is 9.64. The number of aromatic nitrogens is 2. The number of methoxy groups -OCH3 is 1. The van der Waals surface area contributed by atoms with Crippen molar-refractivity contribution in [2.24, 2.45) is 0 Å². The standard InChI is InChI=1S/C21H26N4O3/c1-4-17-10-5-6-11-25(17)19-13-18(22-14(2)23-19)20(26)24-16-9-7-8-15(12-16)21(27)28-3/h7-9,12-13,17H,4-6,10-11H2,1-3H3,(H,24,26). The van der Waals surface area contributed by atoms with E-state index in [0.29, 0.717) is 28.8 Å². The number of aryl methyl sites for hydroxylation is 1. The highest BCUT2D eigenvalue weighted by molar-refractivity contribution is 6.04. The van der Waals surface area contributed by atoms with Gasteiger partial charge in [-0.05, 0) is 50.8 Å². The van der Waals surface area contributed by atoms with E-state index in [-0.39, 0.29) is 5.91 Å². The lowest BCUT2D eigenvalue weighted by Crippen LogP contribution is -2.40. The largest absolute Gasteiger partial charge is 0.465 e. The number of amides is 1. The quantitative estimate of drug-likeness (QED) is 0.796. The second kappa shape index (κ2) is 8.82. The second-order valence-electron chi connectivity index (χ2n) is 6.94. The van der Waals surface area contributed by atoms with E-state index >= 15 is 0 Å². The summed E-state index contributed by atoms with van der Waals surface area (Å²) >= 11 is 0. The fraction of sp³-hybridized carbons (Fsp3) is 0.429. The summed E-state index contributed by atoms with van der Waals surface area (Å²) in [5.41, 5.74) is 1.19. The van der Waals surface area contributed by atoms with Gasteiger partial charge in [0.1, 0.15) is 17.3 Å². The summed E-state index contributed by atoms with van der Waals surface area (Å²) in [6.07, 6.45) is 4.54. The molecular weight excluding hydrogens is 356 g/mol. The Kier molecular flexibility index (Phi) is 6.23. The summed E-state index contributed by atoms with van der Waals surface area (Å²) in [7, 11) is 1.32. The first kappa shape index (κ1) is 19.8. The van der Waals surface area contributed by atoms with E-state index in [1.165, 1.54) is 13.5 Å². The van der Waals surface area contributed by atoms with Crippen molar-refractivity contribution >= 4 is 23.4 Å². The zero-order chi connectivity index (χ0) is 20.1. The molecule has 28 heavy (non-hydrogen) atoms. The van der Waals surface area contributed by atoms with Crippen LogP contribution < -0.4 is 10.2 Å². The number of nitrogens with one attached hydrogen (secondary N) is 1. The van der Waals surface area contributed by atoms with Crippen molar-refractivity contribution in [1.29, 1.82) is 0 Å². The fourth-order valence-electron chi connectivity index (χ4n) is 3.58. The van der Waals surface area contributed by atoms with Crippen LogP contribution in [0.2, 0.25) is 0 Å². The highest BCUT2D eigenvalue weighted by Crippen LogP contribution is 2.25. The van der Waals surface area contributed by atoms with Crippen molar-refractivity contribution in [2.75, 3.05) is 23.9 Å². The molecule has 3 rings (SSSR count). The van der Waals surface area contributed by atoms with Gasteiger partial charge in [0, 0.05) is 24.3 Å². The lowest BCUT2D eigenvalue weighted by molar-refractivity contribution is 0.0600. The Labute approximate surface area is 165 Å². The van der Waals surface area contributed by atoms with Gasteiger partial charge in [0.2, 0.25) is 0 Å². The van der Waals surface area contributed by atoms with Crippen molar-refractivity contribution in [3.8, 4) is 0 Å². The van der Waals surface area contributed by atoms with E-state index in [1.807, 2.05) is 0 Å². The zero-order valence-electron chi connectivity index (χ0n) is 16.6. The second-order valence-corrected chi connectivity index (χ2v) is 6.94. The smallest absolute Gasteiger partial charge is 0.337 e. The number of piperidine rings is 1. The number of anilines is 2. The minimum Gasteiger partial charge on any atom is -0.465 e. The van der Waals surface area contributed by atoms with Crippen LogP contribution in [0.5, 0.6) is 0 Å². The van der Waals surface area contributed by atoms with E-state index in [2.05, 4.69) is 27.1 Å². The molecule has 7 nitrogen and oxygen atoms in total. The highest BCUT2D eigenvalue weighted by atomic mass is 16.5. The van der Waals surface area contributed by atoms with Gasteiger partial charge in [0.05, 0.1) is 12.7 Å². The van der Waals surface area contributed by atoms with Crippen LogP contribution in [-0.4, -0.2) is 41.5 Å². The van der Waals surface area contributed by atoms with Crippen molar-refractivity contribution in [2.45, 2.75) is 45.6 Å². The number of esters is 1. The Hall–Kier alpha value is -2.96. The lowest BCUT2D eigenvalue weighted by atomic mass is 10.00. The minimum atomic E-state index is -0.452.